The van der Waals surface area contributed by atoms with Crippen molar-refractivity contribution in [2.75, 3.05) is 47.5 Å². The lowest BCUT2D eigenvalue weighted by Crippen LogP contribution is -2.44. The van der Waals surface area contributed by atoms with E-state index in [0.29, 0.717) is 23.9 Å². The second kappa shape index (κ2) is 52.1. The van der Waals surface area contributed by atoms with Crippen LogP contribution in [0.5, 0.6) is 0 Å². The molecule has 0 saturated heterocycles. The standard InChI is InChI=1S/C60H113NO8/c1-6-8-10-12-14-16-18-20-22-24-26-28-29-31-32-34-36-38-40-42-44-46-48-50-57(62)67-54-56(55-68-60(59(64)65)66-53-52-61(3,4)5)69-58(63)51-49-47-45-43-41-39-37-35-33-30-27-25-23-21-19-17-15-13-11-9-7-2/h19,21,25,27,56,60H,6-18,20,22-24,26,28-55H2,1-5H3/b21-19-,27-25-. The Morgan fingerprint density at radius 3 is 1.14 bits per heavy atom. The van der Waals surface area contributed by atoms with Crippen molar-refractivity contribution in [3.05, 3.63) is 24.3 Å². The maximum absolute atomic E-state index is 12.9. The topological polar surface area (TPSA) is 111 Å². The quantitative estimate of drug-likeness (QED) is 0.0195. The zero-order valence-corrected chi connectivity index (χ0v) is 46.2. The summed E-state index contributed by atoms with van der Waals surface area (Å²) in [5.74, 6) is -2.27. The molecular weight excluding hydrogens is 863 g/mol. The average molecular weight is 977 g/mol. The number of carbonyl (C=O) groups is 3. The van der Waals surface area contributed by atoms with Crippen molar-refractivity contribution in [2.45, 2.75) is 296 Å². The highest BCUT2D eigenvalue weighted by atomic mass is 16.7. The van der Waals surface area contributed by atoms with E-state index in [1.54, 1.807) is 0 Å². The van der Waals surface area contributed by atoms with Gasteiger partial charge in [0.15, 0.2) is 12.4 Å². The van der Waals surface area contributed by atoms with Crippen LogP contribution in [0.25, 0.3) is 0 Å². The Labute approximate surface area is 427 Å². The number of nitrogens with zero attached hydrogens (tertiary/aromatic N) is 1. The van der Waals surface area contributed by atoms with Crippen LogP contribution in [-0.4, -0.2) is 82.3 Å². The lowest BCUT2D eigenvalue weighted by atomic mass is 10.0. The molecule has 2 atom stereocenters. The zero-order chi connectivity index (χ0) is 50.6. The highest BCUT2D eigenvalue weighted by Crippen LogP contribution is 2.17. The highest BCUT2D eigenvalue weighted by molar-refractivity contribution is 5.70. The third kappa shape index (κ3) is 53.4. The molecule has 0 rings (SSSR count). The second-order valence-corrected chi connectivity index (χ2v) is 21.3. The summed E-state index contributed by atoms with van der Waals surface area (Å²) in [4.78, 5) is 37.3. The molecule has 0 heterocycles. The average Bonchev–Trinajstić information content (AvgIpc) is 3.31. The van der Waals surface area contributed by atoms with Crippen molar-refractivity contribution in [1.29, 1.82) is 0 Å². The SMILES string of the molecule is CCCCCCC/C=C\C/C=C\CCCCCCCCCCCC(=O)OC(COC(=O)CCCCCCCCCCCCCCCCCCCCCCCCC)COC(OCC[N+](C)(C)C)C(=O)[O-]. The van der Waals surface area contributed by atoms with Gasteiger partial charge >= 0.3 is 11.9 Å². The largest absolute Gasteiger partial charge is 0.545 e. The Balaban J connectivity index is 4.21. The van der Waals surface area contributed by atoms with E-state index in [2.05, 4.69) is 38.2 Å². The molecule has 9 heteroatoms. The van der Waals surface area contributed by atoms with E-state index >= 15 is 0 Å². The summed E-state index contributed by atoms with van der Waals surface area (Å²) < 4.78 is 22.7. The van der Waals surface area contributed by atoms with E-state index in [9.17, 15) is 19.5 Å². The molecule has 0 amide bonds. The molecule has 0 aliphatic carbocycles. The molecule has 69 heavy (non-hydrogen) atoms. The van der Waals surface area contributed by atoms with Crippen LogP contribution in [0.1, 0.15) is 284 Å². The number of ether oxygens (including phenoxy) is 4. The molecule has 0 N–H and O–H groups in total. The van der Waals surface area contributed by atoms with Gasteiger partial charge in [0.2, 0.25) is 0 Å². The molecule has 2 unspecified atom stereocenters. The predicted octanol–water partition coefficient (Wildman–Crippen LogP) is 15.8. The van der Waals surface area contributed by atoms with E-state index in [0.717, 1.165) is 51.4 Å². The number of esters is 2. The Hall–Kier alpha value is -2.23. The van der Waals surface area contributed by atoms with Crippen LogP contribution in [0.4, 0.5) is 0 Å². The highest BCUT2D eigenvalue weighted by Gasteiger charge is 2.22. The third-order valence-electron chi connectivity index (χ3n) is 13.2. The molecule has 0 spiro atoms. The predicted molar refractivity (Wildman–Crippen MR) is 288 cm³/mol. The molecule has 406 valence electrons. The molecule has 0 aromatic rings. The van der Waals surface area contributed by atoms with Gasteiger partial charge in [-0.05, 0) is 44.9 Å². The minimum atomic E-state index is -1.62. The first-order valence-electron chi connectivity index (χ1n) is 29.5. The molecule has 0 bridgehead atoms. The summed E-state index contributed by atoms with van der Waals surface area (Å²) in [7, 11) is 5.93. The van der Waals surface area contributed by atoms with Crippen molar-refractivity contribution >= 4 is 17.9 Å². The number of likely N-dealkylation sites (N-methyl/N-ethyl adjacent to an activating group) is 1. The number of hydrogen-bond donors (Lipinski definition) is 0. The summed E-state index contributed by atoms with van der Waals surface area (Å²) in [6, 6.07) is 0. The van der Waals surface area contributed by atoms with E-state index in [-0.39, 0.29) is 32.2 Å². The number of carbonyl (C=O) groups excluding carboxylic acids is 3. The van der Waals surface area contributed by atoms with E-state index in [1.165, 1.54) is 199 Å². The Morgan fingerprint density at radius 2 is 0.783 bits per heavy atom. The molecule has 0 saturated carbocycles. The van der Waals surface area contributed by atoms with Crippen molar-refractivity contribution < 1.29 is 42.9 Å². The first-order chi connectivity index (χ1) is 33.6. The molecule has 0 aromatic carbocycles. The Kier molecular flexibility index (Phi) is 50.4. The van der Waals surface area contributed by atoms with Gasteiger partial charge in [0, 0.05) is 12.8 Å². The maximum atomic E-state index is 12.9. The summed E-state index contributed by atoms with van der Waals surface area (Å²) in [5, 5.41) is 11.8. The van der Waals surface area contributed by atoms with Gasteiger partial charge in [-0.3, -0.25) is 9.59 Å². The first kappa shape index (κ1) is 66.8. The smallest absolute Gasteiger partial charge is 0.306 e. The van der Waals surface area contributed by atoms with Crippen LogP contribution in [0.15, 0.2) is 24.3 Å². The zero-order valence-electron chi connectivity index (χ0n) is 46.2. The van der Waals surface area contributed by atoms with Gasteiger partial charge in [0.05, 0.1) is 40.3 Å². The van der Waals surface area contributed by atoms with Crippen molar-refractivity contribution in [3.8, 4) is 0 Å². The molecule has 0 fully saturated rings. The van der Waals surface area contributed by atoms with Crippen molar-refractivity contribution in [3.63, 3.8) is 0 Å². The minimum Gasteiger partial charge on any atom is -0.545 e. The number of carboxylic acids is 1. The lowest BCUT2D eigenvalue weighted by molar-refractivity contribution is -0.870. The minimum absolute atomic E-state index is 0.149. The Bertz CT molecular complexity index is 1180. The van der Waals surface area contributed by atoms with Gasteiger partial charge in [-0.2, -0.15) is 0 Å². The number of allylic oxidation sites excluding steroid dienone is 4. The van der Waals surface area contributed by atoms with Gasteiger partial charge in [-0.15, -0.1) is 0 Å². The molecule has 0 aliphatic rings. The summed E-state index contributed by atoms with van der Waals surface area (Å²) in [5.41, 5.74) is 0. The monoisotopic (exact) mass is 976 g/mol. The molecule has 9 nitrogen and oxygen atoms in total. The number of rotatable bonds is 55. The summed E-state index contributed by atoms with van der Waals surface area (Å²) >= 11 is 0. The fourth-order valence-corrected chi connectivity index (χ4v) is 8.63. The number of unbranched alkanes of at least 4 members (excludes halogenated alkanes) is 36. The van der Waals surface area contributed by atoms with E-state index in [4.69, 9.17) is 18.9 Å². The fourth-order valence-electron chi connectivity index (χ4n) is 8.63. The van der Waals surface area contributed by atoms with Crippen LogP contribution >= 0.6 is 0 Å². The van der Waals surface area contributed by atoms with Crippen LogP contribution in [-0.2, 0) is 33.3 Å². The summed E-state index contributed by atoms with van der Waals surface area (Å²) in [6.45, 7) is 4.78. The van der Waals surface area contributed by atoms with Crippen molar-refractivity contribution in [2.24, 2.45) is 0 Å². The first-order valence-corrected chi connectivity index (χ1v) is 29.5. The van der Waals surface area contributed by atoms with Gasteiger partial charge in [-0.1, -0.05) is 250 Å². The van der Waals surface area contributed by atoms with E-state index < -0.39 is 24.3 Å². The molecule has 0 aromatic heterocycles. The molecule has 0 aliphatic heterocycles. The van der Waals surface area contributed by atoms with Gasteiger partial charge in [0.25, 0.3) is 0 Å². The van der Waals surface area contributed by atoms with Crippen LogP contribution < -0.4 is 5.11 Å². The number of aliphatic carboxylic acids is 1. The summed E-state index contributed by atoms with van der Waals surface area (Å²) in [6.07, 6.45) is 57.9. The third-order valence-corrected chi connectivity index (χ3v) is 13.2. The Morgan fingerprint density at radius 1 is 0.435 bits per heavy atom. The number of carboxylic acid groups (broad SMARTS) is 1. The second-order valence-electron chi connectivity index (χ2n) is 21.3. The van der Waals surface area contributed by atoms with Crippen LogP contribution in [0, 0.1) is 0 Å². The van der Waals surface area contributed by atoms with Crippen LogP contribution in [0.3, 0.4) is 0 Å². The van der Waals surface area contributed by atoms with E-state index in [1.807, 2.05) is 21.1 Å². The fraction of sp³-hybridized carbons (Fsp3) is 0.883. The van der Waals surface area contributed by atoms with Gasteiger partial charge in [-0.25, -0.2) is 0 Å². The van der Waals surface area contributed by atoms with Gasteiger partial charge < -0.3 is 33.3 Å². The number of quaternary nitrogens is 1. The van der Waals surface area contributed by atoms with Crippen LogP contribution in [0.2, 0.25) is 0 Å². The normalized spacial score (nSPS) is 12.9. The molecular formula is C60H113NO8. The van der Waals surface area contributed by atoms with Gasteiger partial charge in [0.1, 0.15) is 13.2 Å². The maximum Gasteiger partial charge on any atom is 0.306 e. The molecule has 0 radical (unpaired) electrons. The van der Waals surface area contributed by atoms with Crippen molar-refractivity contribution in [1.82, 2.24) is 0 Å². The lowest BCUT2D eigenvalue weighted by Gasteiger charge is -2.26. The number of hydrogen-bond acceptors (Lipinski definition) is 8.